The van der Waals surface area contributed by atoms with Crippen molar-refractivity contribution in [1.29, 1.82) is 0 Å². The molecule has 2 heteroatoms. The fourth-order valence-corrected chi connectivity index (χ4v) is 2.52. The molecule has 0 aromatic heterocycles. The molecule has 1 aromatic rings. The topological polar surface area (TPSA) is 15.3 Å². The highest BCUT2D eigenvalue weighted by atomic mass is 15.2. The molecule has 0 bridgehead atoms. The molecule has 1 atom stereocenters. The third-order valence-electron chi connectivity index (χ3n) is 4.02. The molecule has 0 fully saturated rings. The number of nitrogens with zero attached hydrogens (tertiary/aromatic N) is 1. The second kappa shape index (κ2) is 9.15. The third kappa shape index (κ3) is 5.64. The number of likely N-dealkylation sites (N-methyl/N-ethyl adjacent to an activating group) is 1. The number of benzene rings is 1. The quantitative estimate of drug-likeness (QED) is 0.681. The molecular formula is C18H32N2. The minimum atomic E-state index is 0.416. The van der Waals surface area contributed by atoms with Crippen LogP contribution in [0.1, 0.15) is 57.2 Å². The lowest BCUT2D eigenvalue weighted by molar-refractivity contribution is 0.196. The average Bonchev–Trinajstić information content (AvgIpc) is 2.43. The Kier molecular flexibility index (Phi) is 7.86. The van der Waals surface area contributed by atoms with Crippen molar-refractivity contribution >= 4 is 0 Å². The van der Waals surface area contributed by atoms with Gasteiger partial charge < -0.3 is 5.32 Å². The second-order valence-corrected chi connectivity index (χ2v) is 6.05. The molecule has 0 heterocycles. The molecule has 0 aliphatic carbocycles. The average molecular weight is 276 g/mol. The molecule has 1 unspecified atom stereocenters. The molecule has 1 aromatic carbocycles. The summed E-state index contributed by atoms with van der Waals surface area (Å²) in [4.78, 5) is 2.59. The van der Waals surface area contributed by atoms with E-state index in [4.69, 9.17) is 0 Å². The number of rotatable bonds is 9. The van der Waals surface area contributed by atoms with Crippen LogP contribution in [0.2, 0.25) is 0 Å². The summed E-state index contributed by atoms with van der Waals surface area (Å²) in [6.07, 6.45) is 3.93. The van der Waals surface area contributed by atoms with Gasteiger partial charge in [0.25, 0.3) is 0 Å². The summed E-state index contributed by atoms with van der Waals surface area (Å²) < 4.78 is 0. The van der Waals surface area contributed by atoms with Crippen molar-refractivity contribution < 1.29 is 0 Å². The Morgan fingerprint density at radius 1 is 1.10 bits per heavy atom. The van der Waals surface area contributed by atoms with Gasteiger partial charge in [-0.1, -0.05) is 49.6 Å². The highest BCUT2D eigenvalue weighted by Crippen LogP contribution is 2.17. The Morgan fingerprint density at radius 3 is 2.25 bits per heavy atom. The van der Waals surface area contributed by atoms with Crippen molar-refractivity contribution in [2.45, 2.75) is 59.0 Å². The first kappa shape index (κ1) is 17.2. The van der Waals surface area contributed by atoms with Crippen molar-refractivity contribution in [1.82, 2.24) is 10.2 Å². The van der Waals surface area contributed by atoms with Crippen molar-refractivity contribution in [3.63, 3.8) is 0 Å². The van der Waals surface area contributed by atoms with Gasteiger partial charge in [0.05, 0.1) is 0 Å². The van der Waals surface area contributed by atoms with E-state index in [-0.39, 0.29) is 0 Å². The molecular weight excluding hydrogens is 244 g/mol. The summed E-state index contributed by atoms with van der Waals surface area (Å²) in [6, 6.07) is 9.93. The van der Waals surface area contributed by atoms with E-state index in [0.717, 1.165) is 6.54 Å². The zero-order valence-electron chi connectivity index (χ0n) is 13.9. The molecule has 20 heavy (non-hydrogen) atoms. The molecule has 0 saturated heterocycles. The normalized spacial score (nSPS) is 13.2. The summed E-state index contributed by atoms with van der Waals surface area (Å²) in [7, 11) is 2.06. The summed E-state index contributed by atoms with van der Waals surface area (Å²) >= 11 is 0. The van der Waals surface area contributed by atoms with Crippen molar-refractivity contribution in [3.8, 4) is 0 Å². The van der Waals surface area contributed by atoms with Gasteiger partial charge in [-0.3, -0.25) is 4.90 Å². The van der Waals surface area contributed by atoms with Crippen LogP contribution < -0.4 is 5.32 Å². The van der Waals surface area contributed by atoms with E-state index in [2.05, 4.69) is 69.2 Å². The van der Waals surface area contributed by atoms with Crippen molar-refractivity contribution in [3.05, 3.63) is 35.4 Å². The maximum absolute atomic E-state index is 3.47. The first-order valence-corrected chi connectivity index (χ1v) is 8.06. The van der Waals surface area contributed by atoms with E-state index in [1.807, 2.05) is 0 Å². The SMILES string of the molecule is CCCCCN(CC(NC)c1ccc(C)cc1)C(C)C. The third-order valence-corrected chi connectivity index (χ3v) is 4.02. The van der Waals surface area contributed by atoms with E-state index >= 15 is 0 Å². The molecule has 0 aliphatic heterocycles. The number of hydrogen-bond acceptors (Lipinski definition) is 2. The van der Waals surface area contributed by atoms with Gasteiger partial charge in [0.2, 0.25) is 0 Å². The Balaban J connectivity index is 2.65. The lowest BCUT2D eigenvalue weighted by Gasteiger charge is -2.31. The number of unbranched alkanes of at least 4 members (excludes halogenated alkanes) is 2. The standard InChI is InChI=1S/C18H32N2/c1-6-7-8-13-20(15(2)3)14-18(19-5)17-11-9-16(4)10-12-17/h9-12,15,18-19H,6-8,13-14H2,1-5H3. The predicted octanol–water partition coefficient (Wildman–Crippen LogP) is 4.16. The summed E-state index contributed by atoms with van der Waals surface area (Å²) in [6.45, 7) is 11.3. The molecule has 0 aliphatic rings. The zero-order chi connectivity index (χ0) is 15.0. The van der Waals surface area contributed by atoms with Gasteiger partial charge in [0, 0.05) is 18.6 Å². The van der Waals surface area contributed by atoms with Crippen LogP contribution in [0.25, 0.3) is 0 Å². The van der Waals surface area contributed by atoms with Crippen LogP contribution in [0.3, 0.4) is 0 Å². The molecule has 0 radical (unpaired) electrons. The van der Waals surface area contributed by atoms with E-state index in [1.54, 1.807) is 0 Å². The number of hydrogen-bond donors (Lipinski definition) is 1. The van der Waals surface area contributed by atoms with Gasteiger partial charge in [0.15, 0.2) is 0 Å². The van der Waals surface area contributed by atoms with Crippen LogP contribution in [-0.4, -0.2) is 31.1 Å². The monoisotopic (exact) mass is 276 g/mol. The van der Waals surface area contributed by atoms with Crippen LogP contribution in [0.4, 0.5) is 0 Å². The summed E-state index contributed by atoms with van der Waals surface area (Å²) in [5, 5.41) is 3.47. The van der Waals surface area contributed by atoms with Gasteiger partial charge in [-0.25, -0.2) is 0 Å². The lowest BCUT2D eigenvalue weighted by atomic mass is 10.0. The summed E-state index contributed by atoms with van der Waals surface area (Å²) in [5.41, 5.74) is 2.71. The van der Waals surface area contributed by atoms with Crippen LogP contribution in [-0.2, 0) is 0 Å². The largest absolute Gasteiger partial charge is 0.312 e. The predicted molar refractivity (Wildman–Crippen MR) is 89.2 cm³/mol. The van der Waals surface area contributed by atoms with Crippen LogP contribution >= 0.6 is 0 Å². The molecule has 2 nitrogen and oxygen atoms in total. The van der Waals surface area contributed by atoms with E-state index in [1.165, 1.54) is 36.9 Å². The van der Waals surface area contributed by atoms with Gasteiger partial charge >= 0.3 is 0 Å². The van der Waals surface area contributed by atoms with Gasteiger partial charge in [0.1, 0.15) is 0 Å². The second-order valence-electron chi connectivity index (χ2n) is 6.05. The highest BCUT2D eigenvalue weighted by molar-refractivity contribution is 5.24. The molecule has 1 N–H and O–H groups in total. The van der Waals surface area contributed by atoms with Crippen molar-refractivity contribution in [2.24, 2.45) is 0 Å². The fourth-order valence-electron chi connectivity index (χ4n) is 2.52. The maximum atomic E-state index is 3.47. The number of nitrogens with one attached hydrogen (secondary N) is 1. The fraction of sp³-hybridized carbons (Fsp3) is 0.667. The molecule has 0 amide bonds. The zero-order valence-corrected chi connectivity index (χ0v) is 13.9. The van der Waals surface area contributed by atoms with E-state index < -0.39 is 0 Å². The molecule has 0 spiro atoms. The van der Waals surface area contributed by atoms with E-state index in [9.17, 15) is 0 Å². The number of aryl methyl sites for hydroxylation is 1. The Morgan fingerprint density at radius 2 is 1.75 bits per heavy atom. The van der Waals surface area contributed by atoms with Crippen LogP contribution in [0.15, 0.2) is 24.3 Å². The van der Waals surface area contributed by atoms with Gasteiger partial charge in [-0.05, 0) is 46.3 Å². The lowest BCUT2D eigenvalue weighted by Crippen LogP contribution is -2.38. The first-order valence-electron chi connectivity index (χ1n) is 8.06. The van der Waals surface area contributed by atoms with E-state index in [0.29, 0.717) is 12.1 Å². The van der Waals surface area contributed by atoms with Crippen LogP contribution in [0.5, 0.6) is 0 Å². The highest BCUT2D eigenvalue weighted by Gasteiger charge is 2.16. The molecule has 0 saturated carbocycles. The smallest absolute Gasteiger partial charge is 0.0446 e. The Labute approximate surface area is 125 Å². The first-order chi connectivity index (χ1) is 9.58. The molecule has 114 valence electrons. The van der Waals surface area contributed by atoms with Gasteiger partial charge in [-0.15, -0.1) is 0 Å². The summed E-state index contributed by atoms with van der Waals surface area (Å²) in [5.74, 6) is 0. The van der Waals surface area contributed by atoms with Crippen LogP contribution in [0, 0.1) is 6.92 Å². The minimum absolute atomic E-state index is 0.416. The molecule has 1 rings (SSSR count). The van der Waals surface area contributed by atoms with Crippen molar-refractivity contribution in [2.75, 3.05) is 20.1 Å². The Bertz CT molecular complexity index is 356. The Hall–Kier alpha value is -0.860. The minimum Gasteiger partial charge on any atom is -0.312 e. The maximum Gasteiger partial charge on any atom is 0.0446 e. The van der Waals surface area contributed by atoms with Gasteiger partial charge in [-0.2, -0.15) is 0 Å².